The lowest BCUT2D eigenvalue weighted by molar-refractivity contribution is 1.07. The van der Waals surface area contributed by atoms with Gasteiger partial charge in [0.1, 0.15) is 0 Å². The number of nitriles is 4. The maximum absolute atomic E-state index is 11.8. The van der Waals surface area contributed by atoms with E-state index in [9.17, 15) is 21.0 Å². The van der Waals surface area contributed by atoms with Crippen LogP contribution in [0.25, 0.3) is 150 Å². The minimum absolute atomic E-state index is 0.397. The van der Waals surface area contributed by atoms with Crippen LogP contribution in [0.5, 0.6) is 0 Å². The van der Waals surface area contributed by atoms with Crippen molar-refractivity contribution in [3.63, 3.8) is 0 Å². The van der Waals surface area contributed by atoms with Crippen molar-refractivity contribution >= 4 is 49.3 Å². The first-order valence-corrected chi connectivity index (χ1v) is 29.1. The smallest absolute Gasteiger partial charge is 0.187 e. The van der Waals surface area contributed by atoms with E-state index in [1.807, 2.05) is 182 Å². The molecule has 10 heteroatoms. The summed E-state index contributed by atoms with van der Waals surface area (Å²) in [5, 5.41) is 44.9. The lowest BCUT2D eigenvalue weighted by atomic mass is 9.91. The molecule has 0 saturated heterocycles. The zero-order chi connectivity index (χ0) is 60.8. The molecule has 90 heavy (non-hydrogen) atoms. The van der Waals surface area contributed by atoms with Gasteiger partial charge in [0.2, 0.25) is 0 Å². The summed E-state index contributed by atoms with van der Waals surface area (Å²) in [6.45, 7) is 7.67. The van der Waals surface area contributed by atoms with Crippen LogP contribution in [0.15, 0.2) is 267 Å². The van der Waals surface area contributed by atoms with Gasteiger partial charge in [0.05, 0.1) is 86.5 Å². The van der Waals surface area contributed by atoms with Crippen molar-refractivity contribution in [2.75, 3.05) is 0 Å². The Morgan fingerprint density at radius 1 is 0.300 bits per heavy atom. The molecule has 0 unspecified atom stereocenters. The predicted molar refractivity (Wildman–Crippen MR) is 357 cm³/mol. The molecule has 3 aromatic heterocycles. The molecule has 0 aliphatic carbocycles. The second-order valence-electron chi connectivity index (χ2n) is 21.9. The van der Waals surface area contributed by atoms with E-state index in [2.05, 4.69) is 123 Å². The van der Waals surface area contributed by atoms with E-state index >= 15 is 0 Å². The van der Waals surface area contributed by atoms with Gasteiger partial charge in [-0.3, -0.25) is 0 Å². The number of hydrogen-bond acceptors (Lipinski definition) is 7. The Morgan fingerprint density at radius 3 is 1.01 bits per heavy atom. The van der Waals surface area contributed by atoms with Gasteiger partial charge in [-0.1, -0.05) is 164 Å². The topological polar surface area (TPSA) is 148 Å². The van der Waals surface area contributed by atoms with Crippen molar-refractivity contribution in [3.05, 3.63) is 301 Å². The molecule has 15 aromatic rings. The second kappa shape index (κ2) is 22.3. The molecular formula is C80H44N10. The number of rotatable bonds is 10. The van der Waals surface area contributed by atoms with Crippen molar-refractivity contribution in [2.24, 2.45) is 0 Å². The van der Waals surface area contributed by atoms with E-state index in [1.54, 1.807) is 0 Å². The standard InChI is InChI=1S/C80H44N10/c1-85-64-36-30-56(31-37-64)62-35-41-73-69(45-62)68-44-61(55-28-22-52(48-83)23-29-55)34-40-72(68)90(73)75-17-9-15-65(80-87-78(57-10-4-2-5-11-57)86-79(88-80)58-12-6-3-7-13-58)77(75)76-63(49-84)14-8-16-74(76)89-70-38-32-59(53-24-18-50(46-81)19-25-53)42-66(70)67-43-60(33-39-71(67)89)54-26-20-51(47-82)21-27-54/h2-45H. The van der Waals surface area contributed by atoms with Gasteiger partial charge >= 0.3 is 0 Å². The summed E-state index contributed by atoms with van der Waals surface area (Å²) in [4.78, 5) is 19.6. The molecule has 0 atom stereocenters. The third kappa shape index (κ3) is 9.32. The van der Waals surface area contributed by atoms with E-state index in [-0.39, 0.29) is 0 Å². The minimum Gasteiger partial charge on any atom is -0.309 e. The quantitative estimate of drug-likeness (QED) is 0.124. The van der Waals surface area contributed by atoms with Gasteiger partial charge in [0.15, 0.2) is 23.2 Å². The second-order valence-corrected chi connectivity index (χ2v) is 21.9. The van der Waals surface area contributed by atoms with Gasteiger partial charge in [0.25, 0.3) is 0 Å². The van der Waals surface area contributed by atoms with Crippen molar-refractivity contribution in [3.8, 4) is 125 Å². The number of benzene rings is 12. The van der Waals surface area contributed by atoms with E-state index in [1.165, 1.54) is 0 Å². The normalized spacial score (nSPS) is 11.1. The van der Waals surface area contributed by atoms with Gasteiger partial charge in [0, 0.05) is 49.4 Å². The average molecular weight is 1150 g/mol. The summed E-state index contributed by atoms with van der Waals surface area (Å²) in [6, 6.07) is 97.6. The first kappa shape index (κ1) is 53.4. The van der Waals surface area contributed by atoms with E-state index in [0.717, 1.165) is 111 Å². The Hall–Kier alpha value is -13.3. The van der Waals surface area contributed by atoms with Crippen LogP contribution >= 0.6 is 0 Å². The number of nitrogens with zero attached hydrogens (tertiary/aromatic N) is 10. The third-order valence-electron chi connectivity index (χ3n) is 16.8. The van der Waals surface area contributed by atoms with Crippen molar-refractivity contribution in [1.29, 1.82) is 21.0 Å². The zero-order valence-corrected chi connectivity index (χ0v) is 47.9. The van der Waals surface area contributed by atoms with Crippen LogP contribution in [0.1, 0.15) is 22.3 Å². The summed E-state index contributed by atoms with van der Waals surface area (Å²) < 4.78 is 4.54. The predicted octanol–water partition coefficient (Wildman–Crippen LogP) is 19.4. The summed E-state index contributed by atoms with van der Waals surface area (Å²) in [7, 11) is 0. The lowest BCUT2D eigenvalue weighted by Crippen LogP contribution is -2.07. The summed E-state index contributed by atoms with van der Waals surface area (Å²) >= 11 is 0. The largest absolute Gasteiger partial charge is 0.309 e. The van der Waals surface area contributed by atoms with Crippen LogP contribution < -0.4 is 0 Å². The Kier molecular flexibility index (Phi) is 13.2. The van der Waals surface area contributed by atoms with Crippen molar-refractivity contribution in [1.82, 2.24) is 24.1 Å². The first-order valence-electron chi connectivity index (χ1n) is 29.1. The molecule has 0 saturated carbocycles. The molecule has 3 heterocycles. The average Bonchev–Trinajstić information content (AvgIpc) is 1.64. The van der Waals surface area contributed by atoms with E-state index in [0.29, 0.717) is 62.1 Å². The van der Waals surface area contributed by atoms with Gasteiger partial charge in [-0.15, -0.1) is 0 Å². The SMILES string of the molecule is [C-]#[N+]c1ccc(-c2ccc3c(c2)c2cc(-c4ccc(C#N)cc4)ccc2n3-c2cccc(-c3nc(-c4ccccc4)nc(-c4ccccc4)n3)c2-c2c(C#N)cccc2-n2c3ccc(-c4ccc(C#N)cc4)cc3c3cc(-c4ccc(C#N)cc4)ccc32)cc1. The maximum atomic E-state index is 11.8. The Labute approximate surface area is 517 Å². The van der Waals surface area contributed by atoms with Crippen LogP contribution in [0.4, 0.5) is 5.69 Å². The summed E-state index contributed by atoms with van der Waals surface area (Å²) in [5.74, 6) is 1.35. The Balaban J connectivity index is 1.06. The summed E-state index contributed by atoms with van der Waals surface area (Å²) in [5.41, 5.74) is 19.0. The highest BCUT2D eigenvalue weighted by Gasteiger charge is 2.28. The highest BCUT2D eigenvalue weighted by molar-refractivity contribution is 6.15. The minimum atomic E-state index is 0.397. The van der Waals surface area contributed by atoms with Gasteiger partial charge in [-0.25, -0.2) is 19.8 Å². The Morgan fingerprint density at radius 2 is 0.644 bits per heavy atom. The maximum Gasteiger partial charge on any atom is 0.187 e. The molecule has 0 fully saturated rings. The molecule has 0 radical (unpaired) electrons. The molecular weight excluding hydrogens is 1100 g/mol. The van der Waals surface area contributed by atoms with Crippen LogP contribution in [-0.2, 0) is 0 Å². The number of hydrogen-bond donors (Lipinski definition) is 0. The Bertz CT molecular complexity index is 5330. The molecule has 0 amide bonds. The molecule has 15 rings (SSSR count). The molecule has 414 valence electrons. The fraction of sp³-hybridized carbons (Fsp3) is 0. The van der Waals surface area contributed by atoms with Crippen LogP contribution in [0.2, 0.25) is 0 Å². The third-order valence-corrected chi connectivity index (χ3v) is 16.8. The number of fused-ring (bicyclic) bond motifs is 6. The molecule has 0 aliphatic heterocycles. The van der Waals surface area contributed by atoms with Gasteiger partial charge in [-0.2, -0.15) is 21.0 Å². The summed E-state index contributed by atoms with van der Waals surface area (Å²) in [6.07, 6.45) is 0. The van der Waals surface area contributed by atoms with E-state index < -0.39 is 0 Å². The van der Waals surface area contributed by atoms with Crippen LogP contribution in [-0.4, -0.2) is 24.1 Å². The van der Waals surface area contributed by atoms with Gasteiger partial charge < -0.3 is 9.13 Å². The first-order chi connectivity index (χ1) is 44.4. The molecule has 0 bridgehead atoms. The van der Waals surface area contributed by atoms with E-state index in [4.69, 9.17) is 21.5 Å². The van der Waals surface area contributed by atoms with Crippen LogP contribution in [0, 0.1) is 51.9 Å². The molecule has 0 aliphatic rings. The fourth-order valence-electron chi connectivity index (χ4n) is 12.4. The van der Waals surface area contributed by atoms with Gasteiger partial charge in [-0.05, 0) is 148 Å². The van der Waals surface area contributed by atoms with Crippen molar-refractivity contribution in [2.45, 2.75) is 0 Å². The monoisotopic (exact) mass is 1140 g/mol. The fourth-order valence-corrected chi connectivity index (χ4v) is 12.4. The zero-order valence-electron chi connectivity index (χ0n) is 47.9. The number of aromatic nitrogens is 5. The molecule has 12 aromatic carbocycles. The molecule has 0 N–H and O–H groups in total. The molecule has 10 nitrogen and oxygen atoms in total. The lowest BCUT2D eigenvalue weighted by Gasteiger charge is -2.22. The highest BCUT2D eigenvalue weighted by Crippen LogP contribution is 2.48. The molecule has 0 spiro atoms. The van der Waals surface area contributed by atoms with Crippen LogP contribution in [0.3, 0.4) is 0 Å². The van der Waals surface area contributed by atoms with Crippen molar-refractivity contribution < 1.29 is 0 Å². The highest BCUT2D eigenvalue weighted by atomic mass is 15.0.